The molecule has 2 aromatic rings. The molecule has 0 aliphatic rings. The van der Waals surface area contributed by atoms with Gasteiger partial charge in [-0.2, -0.15) is 0 Å². The van der Waals surface area contributed by atoms with Gasteiger partial charge in [0.25, 0.3) is 0 Å². The van der Waals surface area contributed by atoms with E-state index in [0.717, 1.165) is 5.69 Å². The van der Waals surface area contributed by atoms with Gasteiger partial charge in [-0.05, 0) is 0 Å². The number of rotatable bonds is 12. The van der Waals surface area contributed by atoms with Crippen LogP contribution in [0.5, 0.6) is 5.75 Å². The van der Waals surface area contributed by atoms with Crippen LogP contribution in [0, 0.1) is 0 Å². The van der Waals surface area contributed by atoms with Crippen molar-refractivity contribution >= 4 is 33.7 Å². The van der Waals surface area contributed by atoms with E-state index < -0.39 is 24.5 Å². The van der Waals surface area contributed by atoms with E-state index in [9.17, 15) is 4.79 Å². The number of ether oxygens (including phenoxy) is 1. The fourth-order valence-corrected chi connectivity index (χ4v) is 19.9. The van der Waals surface area contributed by atoms with E-state index in [4.69, 9.17) is 4.74 Å². The molecule has 4 heteroatoms. The summed E-state index contributed by atoms with van der Waals surface area (Å²) in [6.45, 7) is 6.92. The van der Waals surface area contributed by atoms with E-state index in [0.29, 0.717) is 5.75 Å². The van der Waals surface area contributed by atoms with Crippen LogP contribution < -0.4 is 13.6 Å². The van der Waals surface area contributed by atoms with Crippen molar-refractivity contribution in [3.05, 3.63) is 54.6 Å². The molecule has 0 atom stereocenters. The molecule has 0 saturated carbocycles. The summed E-state index contributed by atoms with van der Waals surface area (Å²) in [5, 5.41) is 2.86. The molecule has 0 aliphatic heterocycles. The topological polar surface area (TPSA) is 38.3 Å². The molecule has 2 aromatic carbocycles. The molecular weight excluding hydrogens is 465 g/mol. The number of benzene rings is 2. The summed E-state index contributed by atoms with van der Waals surface area (Å²) < 4.78 is 11.3. The van der Waals surface area contributed by atoms with Crippen molar-refractivity contribution in [3.8, 4) is 5.75 Å². The van der Waals surface area contributed by atoms with E-state index >= 15 is 0 Å². The van der Waals surface area contributed by atoms with E-state index in [1.54, 1.807) is 15.7 Å². The zero-order valence-corrected chi connectivity index (χ0v) is 21.2. The van der Waals surface area contributed by atoms with Crippen LogP contribution in [-0.2, 0) is 0 Å². The summed E-state index contributed by atoms with van der Waals surface area (Å²) in [7, 11) is 0. The molecule has 1 amide bonds. The van der Waals surface area contributed by atoms with Gasteiger partial charge < -0.3 is 0 Å². The average molecular weight is 502 g/mol. The number of carbonyl (C=O) groups excluding carboxylic acids is 1. The maximum absolute atomic E-state index is 12.2. The zero-order valence-electron chi connectivity index (χ0n) is 18.4. The monoisotopic (exact) mass is 503 g/mol. The van der Waals surface area contributed by atoms with E-state index in [1.807, 2.05) is 18.2 Å². The van der Waals surface area contributed by atoms with Crippen LogP contribution >= 0.6 is 0 Å². The van der Waals surface area contributed by atoms with Gasteiger partial charge in [0.05, 0.1) is 0 Å². The Morgan fingerprint density at radius 1 is 0.793 bits per heavy atom. The first-order chi connectivity index (χ1) is 14.1. The minimum atomic E-state index is -2.40. The van der Waals surface area contributed by atoms with Gasteiger partial charge in [-0.15, -0.1) is 0 Å². The van der Waals surface area contributed by atoms with Crippen LogP contribution in [-0.4, -0.2) is 24.5 Å². The molecule has 0 spiro atoms. The predicted octanol–water partition coefficient (Wildman–Crippen LogP) is 7.35. The first kappa shape index (κ1) is 23.8. The molecule has 29 heavy (non-hydrogen) atoms. The SMILES string of the molecule is CCC[CH2][Sn]([CH2]CCC)([CH2]CCC)[c]1ccc(NC(=O)Oc2ccccc2)cc1. The van der Waals surface area contributed by atoms with Crippen LogP contribution in [0.2, 0.25) is 13.3 Å². The summed E-state index contributed by atoms with van der Waals surface area (Å²) in [6.07, 6.45) is 7.46. The van der Waals surface area contributed by atoms with Crippen LogP contribution in [0.15, 0.2) is 54.6 Å². The summed E-state index contributed by atoms with van der Waals surface area (Å²) >= 11 is -2.40. The fraction of sp³-hybridized carbons (Fsp3) is 0.480. The third-order valence-corrected chi connectivity index (χ3v) is 21.4. The summed E-state index contributed by atoms with van der Waals surface area (Å²) in [4.78, 5) is 12.2. The number of nitrogens with one attached hydrogen (secondary N) is 1. The van der Waals surface area contributed by atoms with Crippen molar-refractivity contribution in [1.82, 2.24) is 0 Å². The van der Waals surface area contributed by atoms with Crippen molar-refractivity contribution < 1.29 is 9.53 Å². The fourth-order valence-electron chi connectivity index (χ4n) is 4.00. The van der Waals surface area contributed by atoms with Gasteiger partial charge in [0.2, 0.25) is 0 Å². The van der Waals surface area contributed by atoms with Crippen molar-refractivity contribution in [2.45, 2.75) is 72.6 Å². The summed E-state index contributed by atoms with van der Waals surface area (Å²) in [5.74, 6) is 0.551. The van der Waals surface area contributed by atoms with Crippen molar-refractivity contribution in [2.75, 3.05) is 5.32 Å². The second kappa shape index (κ2) is 12.9. The molecule has 0 aromatic heterocycles. The quantitative estimate of drug-likeness (QED) is 0.308. The van der Waals surface area contributed by atoms with Crippen LogP contribution in [0.4, 0.5) is 10.5 Å². The first-order valence-electron chi connectivity index (χ1n) is 11.3. The number of amides is 1. The summed E-state index contributed by atoms with van der Waals surface area (Å²) in [6, 6.07) is 17.9. The second-order valence-electron chi connectivity index (χ2n) is 8.00. The molecule has 0 heterocycles. The molecule has 0 unspecified atom stereocenters. The first-order valence-corrected chi connectivity index (χ1v) is 18.8. The van der Waals surface area contributed by atoms with Gasteiger partial charge in [0.1, 0.15) is 0 Å². The van der Waals surface area contributed by atoms with Crippen molar-refractivity contribution in [1.29, 1.82) is 0 Å². The number of carbonyl (C=O) groups is 1. The zero-order chi connectivity index (χ0) is 21.0. The molecule has 3 nitrogen and oxygen atoms in total. The predicted molar refractivity (Wildman–Crippen MR) is 127 cm³/mol. The maximum atomic E-state index is 12.2. The van der Waals surface area contributed by atoms with Crippen molar-refractivity contribution in [3.63, 3.8) is 0 Å². The van der Waals surface area contributed by atoms with Gasteiger partial charge in [0, 0.05) is 0 Å². The number of unbranched alkanes of at least 4 members (excludes halogenated alkanes) is 3. The second-order valence-corrected chi connectivity index (χ2v) is 21.2. The van der Waals surface area contributed by atoms with Crippen molar-refractivity contribution in [2.24, 2.45) is 0 Å². The molecule has 2 rings (SSSR count). The Morgan fingerprint density at radius 3 is 1.79 bits per heavy atom. The number of anilines is 1. The van der Waals surface area contributed by atoms with E-state index in [1.165, 1.54) is 51.8 Å². The molecule has 0 fully saturated rings. The molecule has 0 aliphatic carbocycles. The van der Waals surface area contributed by atoms with Crippen LogP contribution in [0.25, 0.3) is 0 Å². The molecule has 1 N–H and O–H groups in total. The minimum absolute atomic E-state index is 0.443. The average Bonchev–Trinajstić information content (AvgIpc) is 2.75. The third kappa shape index (κ3) is 7.69. The normalized spacial score (nSPS) is 11.3. The molecule has 158 valence electrons. The molecule has 0 bridgehead atoms. The van der Waals surface area contributed by atoms with E-state index in [-0.39, 0.29) is 0 Å². The molecular formula is C25H37NO2Sn. The Balaban J connectivity index is 2.12. The Bertz CT molecular complexity index is 694. The molecule has 0 radical (unpaired) electrons. The van der Waals surface area contributed by atoms with Crippen LogP contribution in [0.1, 0.15) is 59.3 Å². The van der Waals surface area contributed by atoms with Gasteiger partial charge in [-0.3, -0.25) is 0 Å². The number of hydrogen-bond acceptors (Lipinski definition) is 2. The van der Waals surface area contributed by atoms with Gasteiger partial charge >= 0.3 is 182 Å². The number of para-hydroxylation sites is 1. The van der Waals surface area contributed by atoms with Crippen LogP contribution in [0.3, 0.4) is 0 Å². The standard InChI is InChI=1S/C13H10NO2.3C4H9.Sn/c15-13(14-11-7-3-1-4-8-11)16-12-9-5-2-6-10-12;3*1-3-4-2;/h2-10H,(H,14,15);3*1,3-4H2,2H3;. The molecule has 0 saturated heterocycles. The summed E-state index contributed by atoms with van der Waals surface area (Å²) in [5.41, 5.74) is 0.802. The van der Waals surface area contributed by atoms with Gasteiger partial charge in [0.15, 0.2) is 0 Å². The number of hydrogen-bond donors (Lipinski definition) is 1. The van der Waals surface area contributed by atoms with Gasteiger partial charge in [-0.25, -0.2) is 0 Å². The van der Waals surface area contributed by atoms with E-state index in [2.05, 4.69) is 50.4 Å². The Labute approximate surface area is 181 Å². The Hall–Kier alpha value is -1.49. The van der Waals surface area contributed by atoms with Gasteiger partial charge in [-0.1, -0.05) is 0 Å². The Kier molecular flexibility index (Phi) is 10.6. The third-order valence-electron chi connectivity index (χ3n) is 5.72. The Morgan fingerprint density at radius 2 is 1.31 bits per heavy atom.